The number of carbonyl (C=O) groups is 1. The molecule has 0 fully saturated rings. The first-order valence-electron chi connectivity index (χ1n) is 6.25. The molecule has 4 nitrogen and oxygen atoms in total. The molecule has 1 aliphatic rings. The summed E-state index contributed by atoms with van der Waals surface area (Å²) in [5.41, 5.74) is 4.68. The molecule has 1 aliphatic heterocycles. The van der Waals surface area contributed by atoms with Crippen molar-refractivity contribution in [2.24, 2.45) is 0 Å². The molecule has 0 radical (unpaired) electrons. The molecule has 1 aromatic heterocycles. The van der Waals surface area contributed by atoms with Crippen LogP contribution in [0.4, 0.5) is 4.79 Å². The van der Waals surface area contributed by atoms with E-state index in [0.29, 0.717) is 13.1 Å². The van der Waals surface area contributed by atoms with Gasteiger partial charge in [-0.15, -0.1) is 0 Å². The second-order valence-corrected chi connectivity index (χ2v) is 4.63. The standard InChI is InChI=1S/C15H14N2O2/c18-15(19)17-9-6-14-12(10-17)2-1-3-13(14)11-4-7-16-8-5-11/h1-5,7-8H,6,9-10H2,(H,18,19). The average molecular weight is 254 g/mol. The number of rotatable bonds is 1. The van der Waals surface area contributed by atoms with Crippen LogP contribution in [0.1, 0.15) is 11.1 Å². The Morgan fingerprint density at radius 2 is 2.00 bits per heavy atom. The Hall–Kier alpha value is -2.36. The lowest BCUT2D eigenvalue weighted by molar-refractivity contribution is 0.140. The monoisotopic (exact) mass is 254 g/mol. The van der Waals surface area contributed by atoms with Gasteiger partial charge in [-0.05, 0) is 40.8 Å². The topological polar surface area (TPSA) is 53.4 Å². The van der Waals surface area contributed by atoms with Crippen molar-refractivity contribution in [2.45, 2.75) is 13.0 Å². The van der Waals surface area contributed by atoms with Crippen molar-refractivity contribution in [3.05, 3.63) is 53.9 Å². The van der Waals surface area contributed by atoms with Gasteiger partial charge in [0.2, 0.25) is 0 Å². The van der Waals surface area contributed by atoms with E-state index in [1.54, 1.807) is 12.4 Å². The molecule has 2 heterocycles. The van der Waals surface area contributed by atoms with Crippen molar-refractivity contribution in [2.75, 3.05) is 6.54 Å². The second-order valence-electron chi connectivity index (χ2n) is 4.63. The number of aromatic nitrogens is 1. The smallest absolute Gasteiger partial charge is 0.407 e. The lowest BCUT2D eigenvalue weighted by atomic mass is 9.91. The third-order valence-corrected chi connectivity index (χ3v) is 3.53. The highest BCUT2D eigenvalue weighted by atomic mass is 16.4. The number of hydrogen-bond donors (Lipinski definition) is 1. The quantitative estimate of drug-likeness (QED) is 0.851. The number of pyridine rings is 1. The molecule has 0 bridgehead atoms. The van der Waals surface area contributed by atoms with Crippen LogP contribution in [-0.4, -0.2) is 27.6 Å². The predicted molar refractivity (Wildman–Crippen MR) is 71.8 cm³/mol. The molecule has 1 aromatic carbocycles. The summed E-state index contributed by atoms with van der Waals surface area (Å²) in [5.74, 6) is 0. The highest BCUT2D eigenvalue weighted by molar-refractivity contribution is 5.70. The summed E-state index contributed by atoms with van der Waals surface area (Å²) in [6.07, 6.45) is 3.47. The van der Waals surface area contributed by atoms with E-state index < -0.39 is 6.09 Å². The number of amides is 1. The van der Waals surface area contributed by atoms with E-state index in [1.807, 2.05) is 24.3 Å². The van der Waals surface area contributed by atoms with Gasteiger partial charge in [-0.2, -0.15) is 0 Å². The van der Waals surface area contributed by atoms with E-state index in [-0.39, 0.29) is 0 Å². The number of hydrogen-bond acceptors (Lipinski definition) is 2. The Bertz CT molecular complexity index is 611. The molecule has 2 aromatic rings. The van der Waals surface area contributed by atoms with E-state index >= 15 is 0 Å². The van der Waals surface area contributed by atoms with Gasteiger partial charge in [-0.1, -0.05) is 18.2 Å². The summed E-state index contributed by atoms with van der Waals surface area (Å²) < 4.78 is 0. The molecule has 0 spiro atoms. The Morgan fingerprint density at radius 1 is 1.21 bits per heavy atom. The van der Waals surface area contributed by atoms with Crippen molar-refractivity contribution >= 4 is 6.09 Å². The molecule has 1 amide bonds. The normalized spacial score (nSPS) is 14.0. The van der Waals surface area contributed by atoms with Gasteiger partial charge < -0.3 is 10.0 Å². The Balaban J connectivity index is 2.02. The third kappa shape index (κ3) is 2.17. The molecule has 4 heteroatoms. The largest absolute Gasteiger partial charge is 0.465 e. The first-order chi connectivity index (χ1) is 9.25. The molecule has 0 unspecified atom stereocenters. The molecule has 1 N–H and O–H groups in total. The van der Waals surface area contributed by atoms with E-state index in [0.717, 1.165) is 17.5 Å². The zero-order valence-corrected chi connectivity index (χ0v) is 10.4. The fourth-order valence-corrected chi connectivity index (χ4v) is 2.57. The number of fused-ring (bicyclic) bond motifs is 1. The maximum absolute atomic E-state index is 11.0. The second kappa shape index (κ2) is 4.72. The summed E-state index contributed by atoms with van der Waals surface area (Å²) in [6, 6.07) is 10.1. The van der Waals surface area contributed by atoms with Crippen molar-refractivity contribution in [1.29, 1.82) is 0 Å². The molecule has 0 saturated heterocycles. The number of carboxylic acid groups (broad SMARTS) is 1. The van der Waals surface area contributed by atoms with Crippen LogP contribution in [0.3, 0.4) is 0 Å². The predicted octanol–water partition coefficient (Wildman–Crippen LogP) is 2.78. The third-order valence-electron chi connectivity index (χ3n) is 3.53. The van der Waals surface area contributed by atoms with Gasteiger partial charge in [0, 0.05) is 25.5 Å². The molecule has 0 saturated carbocycles. The zero-order valence-electron chi connectivity index (χ0n) is 10.4. The summed E-state index contributed by atoms with van der Waals surface area (Å²) in [5, 5.41) is 9.07. The van der Waals surface area contributed by atoms with Crippen LogP contribution < -0.4 is 0 Å². The van der Waals surface area contributed by atoms with Crippen molar-refractivity contribution < 1.29 is 9.90 Å². The molecule has 96 valence electrons. The van der Waals surface area contributed by atoms with Gasteiger partial charge >= 0.3 is 6.09 Å². The van der Waals surface area contributed by atoms with Crippen molar-refractivity contribution in [3.8, 4) is 11.1 Å². The highest BCUT2D eigenvalue weighted by Crippen LogP contribution is 2.29. The molecule has 3 rings (SSSR count). The van der Waals surface area contributed by atoms with Gasteiger partial charge in [-0.3, -0.25) is 4.98 Å². The van der Waals surface area contributed by atoms with Gasteiger partial charge in [0.15, 0.2) is 0 Å². The zero-order chi connectivity index (χ0) is 13.2. The molecule has 0 aliphatic carbocycles. The fraction of sp³-hybridized carbons (Fsp3) is 0.200. The molecule has 19 heavy (non-hydrogen) atoms. The van der Waals surface area contributed by atoms with E-state index in [2.05, 4.69) is 11.1 Å². The SMILES string of the molecule is O=C(O)N1CCc2c(cccc2-c2ccncc2)C1. The summed E-state index contributed by atoms with van der Waals surface area (Å²) in [6.45, 7) is 1.04. The van der Waals surface area contributed by atoms with Crippen LogP contribution in [0.2, 0.25) is 0 Å². The van der Waals surface area contributed by atoms with E-state index in [9.17, 15) is 4.79 Å². The fourth-order valence-electron chi connectivity index (χ4n) is 2.57. The maximum atomic E-state index is 11.0. The minimum atomic E-state index is -0.847. The molecular formula is C15H14N2O2. The van der Waals surface area contributed by atoms with Crippen LogP contribution >= 0.6 is 0 Å². The van der Waals surface area contributed by atoms with Gasteiger partial charge in [0.1, 0.15) is 0 Å². The number of benzene rings is 1. The number of nitrogens with zero attached hydrogens (tertiary/aromatic N) is 2. The van der Waals surface area contributed by atoms with Crippen LogP contribution in [0.25, 0.3) is 11.1 Å². The van der Waals surface area contributed by atoms with Crippen molar-refractivity contribution in [3.63, 3.8) is 0 Å². The Labute approximate surface area is 111 Å². The molecule has 0 atom stereocenters. The van der Waals surface area contributed by atoms with E-state index in [1.165, 1.54) is 16.0 Å². The van der Waals surface area contributed by atoms with Gasteiger partial charge in [-0.25, -0.2) is 4.79 Å². The first kappa shape index (κ1) is 11.7. The van der Waals surface area contributed by atoms with Crippen LogP contribution in [-0.2, 0) is 13.0 Å². The summed E-state index contributed by atoms with van der Waals surface area (Å²) in [7, 11) is 0. The van der Waals surface area contributed by atoms with E-state index in [4.69, 9.17) is 5.11 Å². The van der Waals surface area contributed by atoms with Crippen LogP contribution in [0.15, 0.2) is 42.7 Å². The minimum Gasteiger partial charge on any atom is -0.465 e. The average Bonchev–Trinajstić information content (AvgIpc) is 2.47. The van der Waals surface area contributed by atoms with Crippen LogP contribution in [0.5, 0.6) is 0 Å². The van der Waals surface area contributed by atoms with Crippen molar-refractivity contribution in [1.82, 2.24) is 9.88 Å². The highest BCUT2D eigenvalue weighted by Gasteiger charge is 2.21. The molecular weight excluding hydrogens is 240 g/mol. The first-order valence-corrected chi connectivity index (χ1v) is 6.25. The maximum Gasteiger partial charge on any atom is 0.407 e. The van der Waals surface area contributed by atoms with Gasteiger partial charge in [0.05, 0.1) is 0 Å². The lowest BCUT2D eigenvalue weighted by Gasteiger charge is -2.28. The van der Waals surface area contributed by atoms with Gasteiger partial charge in [0.25, 0.3) is 0 Å². The Kier molecular flexibility index (Phi) is 2.91. The minimum absolute atomic E-state index is 0.476. The Morgan fingerprint density at radius 3 is 2.74 bits per heavy atom. The summed E-state index contributed by atoms with van der Waals surface area (Å²) in [4.78, 5) is 16.5. The lowest BCUT2D eigenvalue weighted by Crippen LogP contribution is -2.34. The van der Waals surface area contributed by atoms with Crippen LogP contribution in [0, 0.1) is 0 Å². The summed E-state index contributed by atoms with van der Waals surface area (Å²) >= 11 is 0.